The van der Waals surface area contributed by atoms with Crippen LogP contribution < -0.4 is 10.6 Å². The van der Waals surface area contributed by atoms with Crippen molar-refractivity contribution in [2.45, 2.75) is 64.8 Å². The molecule has 2 aliphatic rings. The summed E-state index contributed by atoms with van der Waals surface area (Å²) >= 11 is 0. The molecule has 2 aliphatic carbocycles. The van der Waals surface area contributed by atoms with Crippen LogP contribution in [0.2, 0.25) is 0 Å². The van der Waals surface area contributed by atoms with Gasteiger partial charge in [0.05, 0.1) is 0 Å². The van der Waals surface area contributed by atoms with Crippen molar-refractivity contribution in [2.75, 3.05) is 6.54 Å². The van der Waals surface area contributed by atoms with Crippen molar-refractivity contribution in [3.8, 4) is 0 Å². The summed E-state index contributed by atoms with van der Waals surface area (Å²) in [5, 5.41) is 5.59. The Labute approximate surface area is 122 Å². The molecule has 2 amide bonds. The number of hydrogen-bond acceptors (Lipinski definition) is 2. The number of carbonyl (C=O) groups is 2. The van der Waals surface area contributed by atoms with Gasteiger partial charge in [0, 0.05) is 12.6 Å². The molecule has 4 unspecified atom stereocenters. The largest absolute Gasteiger partial charge is 0.348 e. The average molecular weight is 280 g/mol. The first-order valence-corrected chi connectivity index (χ1v) is 8.20. The van der Waals surface area contributed by atoms with Crippen molar-refractivity contribution in [2.24, 2.45) is 17.8 Å². The third kappa shape index (κ3) is 3.74. The maximum Gasteiger partial charge on any atom is 0.309 e. The molecule has 4 atom stereocenters. The second-order valence-electron chi connectivity index (χ2n) is 6.56. The molecule has 114 valence electrons. The van der Waals surface area contributed by atoms with Gasteiger partial charge in [-0.1, -0.05) is 26.2 Å². The number of unbranched alkanes of at least 4 members (excludes halogenated alkanes) is 2. The zero-order chi connectivity index (χ0) is 14.5. The fourth-order valence-corrected chi connectivity index (χ4v) is 3.94. The maximum atomic E-state index is 11.9. The van der Waals surface area contributed by atoms with Crippen LogP contribution in [0.3, 0.4) is 0 Å². The predicted molar refractivity (Wildman–Crippen MR) is 79.1 cm³/mol. The highest BCUT2D eigenvalue weighted by molar-refractivity contribution is 6.35. The normalized spacial score (nSPS) is 29.2. The van der Waals surface area contributed by atoms with Crippen LogP contribution in [0.1, 0.15) is 58.8 Å². The van der Waals surface area contributed by atoms with Crippen molar-refractivity contribution in [3.63, 3.8) is 0 Å². The van der Waals surface area contributed by atoms with E-state index in [0.29, 0.717) is 12.5 Å². The van der Waals surface area contributed by atoms with Crippen LogP contribution in [0.4, 0.5) is 0 Å². The second kappa shape index (κ2) is 7.09. The van der Waals surface area contributed by atoms with Gasteiger partial charge in [-0.15, -0.1) is 0 Å². The Balaban J connectivity index is 1.69. The number of carbonyl (C=O) groups excluding carboxylic acids is 2. The molecule has 4 nitrogen and oxygen atoms in total. The monoisotopic (exact) mass is 280 g/mol. The molecule has 0 aromatic heterocycles. The van der Waals surface area contributed by atoms with Gasteiger partial charge < -0.3 is 10.6 Å². The molecule has 0 radical (unpaired) electrons. The highest BCUT2D eigenvalue weighted by atomic mass is 16.2. The lowest BCUT2D eigenvalue weighted by molar-refractivity contribution is -0.139. The number of nitrogens with one attached hydrogen (secondary N) is 2. The zero-order valence-corrected chi connectivity index (χ0v) is 12.8. The van der Waals surface area contributed by atoms with Crippen LogP contribution in [0.15, 0.2) is 0 Å². The highest BCUT2D eigenvalue weighted by Gasteiger charge is 2.42. The minimum atomic E-state index is -0.476. The van der Waals surface area contributed by atoms with E-state index in [1.807, 2.05) is 6.92 Å². The van der Waals surface area contributed by atoms with Crippen LogP contribution in [-0.4, -0.2) is 24.4 Å². The molecule has 0 aromatic carbocycles. The van der Waals surface area contributed by atoms with Gasteiger partial charge in [0.15, 0.2) is 0 Å². The Bertz CT molecular complexity index is 356. The van der Waals surface area contributed by atoms with Crippen LogP contribution >= 0.6 is 0 Å². The summed E-state index contributed by atoms with van der Waals surface area (Å²) in [5.41, 5.74) is 0. The van der Waals surface area contributed by atoms with Gasteiger partial charge >= 0.3 is 11.8 Å². The van der Waals surface area contributed by atoms with E-state index in [9.17, 15) is 9.59 Å². The molecule has 4 heteroatoms. The smallest absolute Gasteiger partial charge is 0.309 e. The lowest BCUT2D eigenvalue weighted by Crippen LogP contribution is -2.47. The van der Waals surface area contributed by atoms with Gasteiger partial charge in [-0.25, -0.2) is 0 Å². The van der Waals surface area contributed by atoms with E-state index < -0.39 is 11.8 Å². The lowest BCUT2D eigenvalue weighted by atomic mass is 9.84. The molecule has 20 heavy (non-hydrogen) atoms. The van der Waals surface area contributed by atoms with E-state index >= 15 is 0 Å². The zero-order valence-electron chi connectivity index (χ0n) is 12.8. The van der Waals surface area contributed by atoms with Crippen molar-refractivity contribution >= 4 is 11.8 Å². The SMILES string of the molecule is CCCCCNC(=O)C(=O)NC(C)C1CC2CCC1C2. The van der Waals surface area contributed by atoms with E-state index in [-0.39, 0.29) is 6.04 Å². The molecular formula is C16H28N2O2. The molecule has 2 fully saturated rings. The molecular weight excluding hydrogens is 252 g/mol. The fraction of sp³-hybridized carbons (Fsp3) is 0.875. The average Bonchev–Trinajstić information content (AvgIpc) is 3.05. The third-order valence-corrected chi connectivity index (χ3v) is 5.07. The highest BCUT2D eigenvalue weighted by Crippen LogP contribution is 2.49. The summed E-state index contributed by atoms with van der Waals surface area (Å²) < 4.78 is 0. The molecule has 0 saturated heterocycles. The van der Waals surface area contributed by atoms with E-state index in [1.165, 1.54) is 25.7 Å². The number of hydrogen-bond donors (Lipinski definition) is 2. The first-order chi connectivity index (χ1) is 9.61. The van der Waals surface area contributed by atoms with E-state index in [4.69, 9.17) is 0 Å². The van der Waals surface area contributed by atoms with Crippen LogP contribution in [0.5, 0.6) is 0 Å². The second-order valence-corrected chi connectivity index (χ2v) is 6.56. The number of fused-ring (bicyclic) bond motifs is 2. The fourth-order valence-electron chi connectivity index (χ4n) is 3.94. The summed E-state index contributed by atoms with van der Waals surface area (Å²) in [6.45, 7) is 4.77. The Morgan fingerprint density at radius 1 is 1.15 bits per heavy atom. The summed E-state index contributed by atoms with van der Waals surface area (Å²) in [6.07, 6.45) is 8.36. The Morgan fingerprint density at radius 3 is 2.55 bits per heavy atom. The summed E-state index contributed by atoms with van der Waals surface area (Å²) in [4.78, 5) is 23.6. The molecule has 0 spiro atoms. The van der Waals surface area contributed by atoms with Crippen LogP contribution in [0, 0.1) is 17.8 Å². The standard InChI is InChI=1S/C16H28N2O2/c1-3-4-5-8-17-15(19)16(20)18-11(2)14-10-12-6-7-13(14)9-12/h11-14H,3-10H2,1-2H3,(H,17,19)(H,18,20). The van der Waals surface area contributed by atoms with Gasteiger partial charge in [0.25, 0.3) is 0 Å². The van der Waals surface area contributed by atoms with Crippen LogP contribution in [0.25, 0.3) is 0 Å². The quantitative estimate of drug-likeness (QED) is 0.579. The summed E-state index contributed by atoms with van der Waals surface area (Å²) in [6, 6.07) is 0.124. The molecule has 2 N–H and O–H groups in total. The van der Waals surface area contributed by atoms with Gasteiger partial charge in [-0.3, -0.25) is 9.59 Å². The lowest BCUT2D eigenvalue weighted by Gasteiger charge is -2.28. The Morgan fingerprint density at radius 2 is 1.95 bits per heavy atom. The van der Waals surface area contributed by atoms with Gasteiger partial charge in [0.1, 0.15) is 0 Å². The molecule has 2 bridgehead atoms. The third-order valence-electron chi connectivity index (χ3n) is 5.07. The van der Waals surface area contributed by atoms with Crippen molar-refractivity contribution in [1.82, 2.24) is 10.6 Å². The molecule has 0 heterocycles. The maximum absolute atomic E-state index is 11.9. The van der Waals surface area contributed by atoms with Crippen molar-refractivity contribution < 1.29 is 9.59 Å². The van der Waals surface area contributed by atoms with Crippen LogP contribution in [-0.2, 0) is 9.59 Å². The molecule has 0 aromatic rings. The minimum Gasteiger partial charge on any atom is -0.348 e. The Hall–Kier alpha value is -1.06. The van der Waals surface area contributed by atoms with Gasteiger partial charge in [-0.05, 0) is 50.4 Å². The van der Waals surface area contributed by atoms with E-state index in [0.717, 1.165) is 31.1 Å². The number of amides is 2. The molecule has 0 aliphatic heterocycles. The van der Waals surface area contributed by atoms with Crippen molar-refractivity contribution in [3.05, 3.63) is 0 Å². The van der Waals surface area contributed by atoms with E-state index in [1.54, 1.807) is 0 Å². The first-order valence-electron chi connectivity index (χ1n) is 8.20. The number of rotatable bonds is 6. The molecule has 2 rings (SSSR count). The van der Waals surface area contributed by atoms with Gasteiger partial charge in [0.2, 0.25) is 0 Å². The summed E-state index contributed by atoms with van der Waals surface area (Å²) in [5.74, 6) is 1.27. The van der Waals surface area contributed by atoms with Gasteiger partial charge in [-0.2, -0.15) is 0 Å². The topological polar surface area (TPSA) is 58.2 Å². The predicted octanol–water partition coefficient (Wildman–Crippen LogP) is 2.23. The first kappa shape index (κ1) is 15.3. The van der Waals surface area contributed by atoms with E-state index in [2.05, 4.69) is 17.6 Å². The minimum absolute atomic E-state index is 0.124. The van der Waals surface area contributed by atoms with Crippen molar-refractivity contribution in [1.29, 1.82) is 0 Å². The Kier molecular flexibility index (Phi) is 5.44. The molecule has 2 saturated carbocycles. The summed E-state index contributed by atoms with van der Waals surface area (Å²) in [7, 11) is 0.